The Labute approximate surface area is 167 Å². The van der Waals surface area contributed by atoms with Gasteiger partial charge in [-0.2, -0.15) is 13.2 Å². The van der Waals surface area contributed by atoms with Crippen molar-refractivity contribution in [3.05, 3.63) is 53.7 Å². The van der Waals surface area contributed by atoms with Gasteiger partial charge in [0.05, 0.1) is 13.1 Å². The number of benzene rings is 1. The smallest absolute Gasteiger partial charge is 0.422 e. The average molecular weight is 408 g/mol. The molecule has 0 aliphatic carbocycles. The second-order valence-electron chi connectivity index (χ2n) is 6.50. The Morgan fingerprint density at radius 2 is 2.07 bits per heavy atom. The van der Waals surface area contributed by atoms with Crippen molar-refractivity contribution in [3.63, 3.8) is 0 Å². The first kappa shape index (κ1) is 20.8. The minimum Gasteiger partial charge on any atom is -0.488 e. The summed E-state index contributed by atoms with van der Waals surface area (Å²) in [4.78, 5) is 8.32. The van der Waals surface area contributed by atoms with E-state index in [9.17, 15) is 13.2 Å². The Kier molecular flexibility index (Phi) is 6.79. The lowest BCUT2D eigenvalue weighted by Crippen LogP contribution is -2.42. The van der Waals surface area contributed by atoms with Gasteiger partial charge < -0.3 is 20.1 Å². The summed E-state index contributed by atoms with van der Waals surface area (Å²) >= 11 is 0. The number of nitrogens with one attached hydrogen (secondary N) is 2. The largest absolute Gasteiger partial charge is 0.488 e. The topological polar surface area (TPSA) is 67.8 Å². The maximum absolute atomic E-state index is 12.4. The minimum atomic E-state index is -4.42. The minimum absolute atomic E-state index is 0.0136. The number of nitrogens with zero attached hydrogens (tertiary/aromatic N) is 2. The summed E-state index contributed by atoms with van der Waals surface area (Å²) < 4.78 is 48.0. The number of pyridine rings is 1. The standard InChI is InChI=1S/C20H23F3N4O2/c1-2-24-19(27-12-16-10-14-6-3-4-8-17(14)29-16)26-11-15-7-5-9-25-18(15)28-13-20(21,22)23/h3-9,16H,2,10-13H2,1H3,(H2,24,26,27). The van der Waals surface area contributed by atoms with Crippen molar-refractivity contribution < 1.29 is 22.6 Å². The van der Waals surface area contributed by atoms with Crippen molar-refractivity contribution in [2.75, 3.05) is 19.7 Å². The van der Waals surface area contributed by atoms with E-state index in [1.165, 1.54) is 11.8 Å². The van der Waals surface area contributed by atoms with E-state index in [1.807, 2.05) is 31.2 Å². The number of ether oxygens (including phenoxy) is 2. The molecule has 0 amide bonds. The summed E-state index contributed by atoms with van der Waals surface area (Å²) in [5, 5.41) is 6.33. The second-order valence-corrected chi connectivity index (χ2v) is 6.50. The first-order valence-electron chi connectivity index (χ1n) is 9.35. The molecule has 2 aromatic rings. The zero-order chi connectivity index (χ0) is 20.7. The van der Waals surface area contributed by atoms with Crippen LogP contribution in [0.2, 0.25) is 0 Å². The van der Waals surface area contributed by atoms with Crippen LogP contribution in [0.1, 0.15) is 18.1 Å². The van der Waals surface area contributed by atoms with Crippen molar-refractivity contribution in [1.82, 2.24) is 15.6 Å². The Morgan fingerprint density at radius 3 is 2.83 bits per heavy atom. The van der Waals surface area contributed by atoms with Crippen molar-refractivity contribution in [1.29, 1.82) is 0 Å². The van der Waals surface area contributed by atoms with E-state index in [0.717, 1.165) is 12.2 Å². The number of guanidine groups is 1. The van der Waals surface area contributed by atoms with Crippen LogP contribution in [0, 0.1) is 0 Å². The first-order valence-corrected chi connectivity index (χ1v) is 9.35. The molecule has 29 heavy (non-hydrogen) atoms. The van der Waals surface area contributed by atoms with Crippen LogP contribution < -0.4 is 20.1 Å². The number of fused-ring (bicyclic) bond motifs is 1. The Balaban J connectivity index is 1.58. The van der Waals surface area contributed by atoms with Crippen LogP contribution in [0.5, 0.6) is 11.6 Å². The lowest BCUT2D eigenvalue weighted by molar-refractivity contribution is -0.154. The molecule has 3 rings (SSSR count). The van der Waals surface area contributed by atoms with Gasteiger partial charge in [0.25, 0.3) is 0 Å². The third kappa shape index (κ3) is 6.27. The van der Waals surface area contributed by atoms with E-state index < -0.39 is 12.8 Å². The highest BCUT2D eigenvalue weighted by atomic mass is 19.4. The molecule has 1 aromatic carbocycles. The highest BCUT2D eigenvalue weighted by Gasteiger charge is 2.29. The van der Waals surface area contributed by atoms with Gasteiger partial charge in [0.15, 0.2) is 12.6 Å². The Bertz CT molecular complexity index is 817. The van der Waals surface area contributed by atoms with Crippen molar-refractivity contribution >= 4 is 5.96 Å². The van der Waals surface area contributed by atoms with Crippen LogP contribution >= 0.6 is 0 Å². The summed E-state index contributed by atoms with van der Waals surface area (Å²) in [6, 6.07) is 11.2. The van der Waals surface area contributed by atoms with Gasteiger partial charge in [0.2, 0.25) is 5.88 Å². The predicted molar refractivity (Wildman–Crippen MR) is 103 cm³/mol. The van der Waals surface area contributed by atoms with Crippen LogP contribution in [0.3, 0.4) is 0 Å². The quantitative estimate of drug-likeness (QED) is 0.545. The van der Waals surface area contributed by atoms with E-state index in [2.05, 4.69) is 20.6 Å². The fourth-order valence-electron chi connectivity index (χ4n) is 2.91. The molecule has 1 unspecified atom stereocenters. The zero-order valence-electron chi connectivity index (χ0n) is 16.0. The van der Waals surface area contributed by atoms with Crippen LogP contribution in [-0.2, 0) is 13.0 Å². The molecule has 0 radical (unpaired) electrons. The number of para-hydroxylation sites is 1. The molecule has 9 heteroatoms. The molecule has 0 spiro atoms. The van der Waals surface area contributed by atoms with Gasteiger partial charge in [0, 0.05) is 24.7 Å². The third-order valence-corrected chi connectivity index (χ3v) is 4.19. The number of aliphatic imine (C=N–C) groups is 1. The molecule has 1 aromatic heterocycles. The van der Waals surface area contributed by atoms with Gasteiger partial charge in [-0.25, -0.2) is 9.98 Å². The van der Waals surface area contributed by atoms with Crippen LogP contribution in [-0.4, -0.2) is 42.9 Å². The highest BCUT2D eigenvalue weighted by molar-refractivity contribution is 5.79. The molecule has 1 atom stereocenters. The van der Waals surface area contributed by atoms with Gasteiger partial charge >= 0.3 is 6.18 Å². The summed E-state index contributed by atoms with van der Waals surface area (Å²) in [5.74, 6) is 1.36. The van der Waals surface area contributed by atoms with Gasteiger partial charge in [-0.1, -0.05) is 24.3 Å². The number of alkyl halides is 3. The van der Waals surface area contributed by atoms with Gasteiger partial charge in [0.1, 0.15) is 11.9 Å². The maximum Gasteiger partial charge on any atom is 0.422 e. The molecule has 2 heterocycles. The second kappa shape index (κ2) is 9.49. The molecule has 1 aliphatic heterocycles. The van der Waals surface area contributed by atoms with Crippen molar-refractivity contribution in [2.24, 2.45) is 4.99 Å². The van der Waals surface area contributed by atoms with Crippen LogP contribution in [0.4, 0.5) is 13.2 Å². The normalized spacial score (nSPS) is 16.1. The molecule has 0 fully saturated rings. The Morgan fingerprint density at radius 1 is 1.24 bits per heavy atom. The number of hydrogen-bond donors (Lipinski definition) is 2. The third-order valence-electron chi connectivity index (χ3n) is 4.19. The maximum atomic E-state index is 12.4. The van der Waals surface area contributed by atoms with Crippen LogP contribution in [0.25, 0.3) is 0 Å². The van der Waals surface area contributed by atoms with E-state index in [0.29, 0.717) is 24.6 Å². The lowest BCUT2D eigenvalue weighted by atomic mass is 10.1. The van der Waals surface area contributed by atoms with E-state index in [-0.39, 0.29) is 18.5 Å². The molecule has 156 valence electrons. The van der Waals surface area contributed by atoms with Crippen molar-refractivity contribution in [2.45, 2.75) is 32.2 Å². The number of aromatic nitrogens is 1. The fraction of sp³-hybridized carbons (Fsp3) is 0.400. The molecular formula is C20H23F3N4O2. The fourth-order valence-corrected chi connectivity index (χ4v) is 2.91. The number of halogens is 3. The van der Waals surface area contributed by atoms with E-state index >= 15 is 0 Å². The average Bonchev–Trinajstić information content (AvgIpc) is 3.11. The summed E-state index contributed by atoms with van der Waals surface area (Å²) in [6.45, 7) is 1.86. The molecular weight excluding hydrogens is 385 g/mol. The predicted octanol–water partition coefficient (Wildman–Crippen LogP) is 3.08. The molecule has 6 nitrogen and oxygen atoms in total. The summed E-state index contributed by atoms with van der Waals surface area (Å²) in [5.41, 5.74) is 1.64. The zero-order valence-corrected chi connectivity index (χ0v) is 16.0. The van der Waals surface area contributed by atoms with E-state index in [4.69, 9.17) is 9.47 Å². The van der Waals surface area contributed by atoms with E-state index in [1.54, 1.807) is 12.1 Å². The highest BCUT2D eigenvalue weighted by Crippen LogP contribution is 2.27. The van der Waals surface area contributed by atoms with Gasteiger partial charge in [-0.05, 0) is 24.6 Å². The molecule has 0 bridgehead atoms. The molecule has 1 aliphatic rings. The SMILES string of the molecule is CCNC(=NCc1cccnc1OCC(F)(F)F)NCC1Cc2ccccc2O1. The first-order chi connectivity index (χ1) is 13.9. The Hall–Kier alpha value is -2.97. The summed E-state index contributed by atoms with van der Waals surface area (Å²) in [7, 11) is 0. The summed E-state index contributed by atoms with van der Waals surface area (Å²) in [6.07, 6.45) is -2.24. The van der Waals surface area contributed by atoms with Crippen molar-refractivity contribution in [3.8, 4) is 11.6 Å². The molecule has 2 N–H and O–H groups in total. The van der Waals surface area contributed by atoms with Crippen LogP contribution in [0.15, 0.2) is 47.6 Å². The number of rotatable bonds is 7. The molecule has 0 saturated carbocycles. The molecule has 0 saturated heterocycles. The number of hydrogen-bond acceptors (Lipinski definition) is 4. The monoisotopic (exact) mass is 408 g/mol. The van der Waals surface area contributed by atoms with Gasteiger partial charge in [-0.3, -0.25) is 0 Å². The van der Waals surface area contributed by atoms with Gasteiger partial charge in [-0.15, -0.1) is 0 Å². The lowest BCUT2D eigenvalue weighted by Gasteiger charge is -2.16.